The normalized spacial score (nSPS) is 18.3. The van der Waals surface area contributed by atoms with E-state index in [2.05, 4.69) is 50.4 Å². The van der Waals surface area contributed by atoms with Gasteiger partial charge in [-0.3, -0.25) is 14.5 Å². The Balaban J connectivity index is 1.50. The number of rotatable bonds is 5. The van der Waals surface area contributed by atoms with Crippen molar-refractivity contribution in [3.05, 3.63) is 137 Å². The van der Waals surface area contributed by atoms with Crippen molar-refractivity contribution in [3.8, 4) is 5.75 Å². The van der Waals surface area contributed by atoms with Gasteiger partial charge in [0.2, 0.25) is 5.91 Å². The summed E-state index contributed by atoms with van der Waals surface area (Å²) < 4.78 is 5.36. The summed E-state index contributed by atoms with van der Waals surface area (Å²) in [4.78, 5) is 30.5. The summed E-state index contributed by atoms with van der Waals surface area (Å²) in [6, 6.07) is 33.6. The van der Waals surface area contributed by atoms with Gasteiger partial charge < -0.3 is 10.1 Å². The second-order valence-corrected chi connectivity index (χ2v) is 12.5. The Bertz CT molecular complexity index is 1670. The molecule has 0 saturated heterocycles. The van der Waals surface area contributed by atoms with Gasteiger partial charge in [-0.15, -0.1) is 0 Å². The molecule has 6 rings (SSSR count). The maximum atomic E-state index is 14.4. The summed E-state index contributed by atoms with van der Waals surface area (Å²) in [5, 5.41) is 3.64. The molecular formula is C38H38N2O3. The van der Waals surface area contributed by atoms with Crippen LogP contribution in [-0.4, -0.2) is 18.8 Å². The van der Waals surface area contributed by atoms with Crippen molar-refractivity contribution in [2.45, 2.75) is 57.4 Å². The van der Waals surface area contributed by atoms with E-state index in [0.29, 0.717) is 18.4 Å². The Hall–Kier alpha value is -4.64. The van der Waals surface area contributed by atoms with E-state index in [0.717, 1.165) is 39.5 Å². The van der Waals surface area contributed by atoms with Crippen LogP contribution in [0.4, 0.5) is 11.4 Å². The average molecular weight is 571 g/mol. The van der Waals surface area contributed by atoms with Crippen molar-refractivity contribution in [2.24, 2.45) is 0 Å². The first-order valence-corrected chi connectivity index (χ1v) is 15.0. The molecule has 1 aliphatic carbocycles. The van der Waals surface area contributed by atoms with E-state index in [1.807, 2.05) is 83.8 Å². The first-order valence-electron chi connectivity index (χ1n) is 15.0. The molecular weight excluding hydrogens is 532 g/mol. The number of allylic oxidation sites excluding steroid dienone is 1. The van der Waals surface area contributed by atoms with E-state index >= 15 is 0 Å². The van der Waals surface area contributed by atoms with Gasteiger partial charge in [0.05, 0.1) is 30.9 Å². The second-order valence-electron chi connectivity index (χ2n) is 12.5. The number of ketones is 1. The monoisotopic (exact) mass is 570 g/mol. The zero-order chi connectivity index (χ0) is 30.1. The van der Waals surface area contributed by atoms with Crippen molar-refractivity contribution in [1.29, 1.82) is 0 Å². The Labute approximate surface area is 254 Å². The van der Waals surface area contributed by atoms with Crippen molar-refractivity contribution in [1.82, 2.24) is 0 Å². The number of hydrogen-bond donors (Lipinski definition) is 1. The molecule has 5 nitrogen and oxygen atoms in total. The Morgan fingerprint density at radius 1 is 0.837 bits per heavy atom. The summed E-state index contributed by atoms with van der Waals surface area (Å²) in [6.07, 6.45) is 1.27. The molecule has 0 fully saturated rings. The van der Waals surface area contributed by atoms with Crippen LogP contribution in [-0.2, 0) is 21.4 Å². The molecule has 4 aromatic rings. The highest BCUT2D eigenvalue weighted by atomic mass is 16.5. The minimum Gasteiger partial charge on any atom is -0.497 e. The fourth-order valence-electron chi connectivity index (χ4n) is 6.31. The number of carbonyl (C=O) groups is 2. The molecule has 218 valence electrons. The fourth-order valence-corrected chi connectivity index (χ4v) is 6.31. The highest BCUT2D eigenvalue weighted by molar-refractivity contribution is 6.06. The third-order valence-electron chi connectivity index (χ3n) is 8.64. The maximum absolute atomic E-state index is 14.4. The number of carbonyl (C=O) groups excluding carboxylic acids is 2. The lowest BCUT2D eigenvalue weighted by atomic mass is 9.77. The predicted molar refractivity (Wildman–Crippen MR) is 173 cm³/mol. The molecule has 0 radical (unpaired) electrons. The molecule has 1 N–H and O–H groups in total. The SMILES string of the molecule is COc1ccc([C@@H]2CC(=O)C3=C(C2)Nc2ccccc2N(C(=O)Cc2ccccc2)[C@H]3c2ccc(C(C)(C)C)cc2)cc1. The van der Waals surface area contributed by atoms with E-state index in [-0.39, 0.29) is 29.4 Å². The third kappa shape index (κ3) is 5.72. The highest BCUT2D eigenvalue weighted by Gasteiger charge is 2.41. The van der Waals surface area contributed by atoms with Crippen molar-refractivity contribution in [3.63, 3.8) is 0 Å². The van der Waals surface area contributed by atoms with Gasteiger partial charge in [-0.25, -0.2) is 0 Å². The summed E-state index contributed by atoms with van der Waals surface area (Å²) >= 11 is 0. The van der Waals surface area contributed by atoms with Gasteiger partial charge >= 0.3 is 0 Å². The van der Waals surface area contributed by atoms with Crippen LogP contribution in [0.3, 0.4) is 0 Å². The highest BCUT2D eigenvalue weighted by Crippen LogP contribution is 2.48. The van der Waals surface area contributed by atoms with Gasteiger partial charge in [-0.1, -0.05) is 99.6 Å². The summed E-state index contributed by atoms with van der Waals surface area (Å²) in [7, 11) is 1.65. The van der Waals surface area contributed by atoms with E-state index in [9.17, 15) is 9.59 Å². The Morgan fingerprint density at radius 3 is 2.16 bits per heavy atom. The zero-order valence-electron chi connectivity index (χ0n) is 25.3. The lowest BCUT2D eigenvalue weighted by Crippen LogP contribution is -2.39. The van der Waals surface area contributed by atoms with Gasteiger partial charge in [-0.05, 0) is 64.3 Å². The van der Waals surface area contributed by atoms with Crippen LogP contribution in [0.2, 0.25) is 0 Å². The Morgan fingerprint density at radius 2 is 1.49 bits per heavy atom. The van der Waals surface area contributed by atoms with Crippen LogP contribution < -0.4 is 15.0 Å². The van der Waals surface area contributed by atoms with Crippen LogP contribution in [0, 0.1) is 0 Å². The van der Waals surface area contributed by atoms with Crippen LogP contribution >= 0.6 is 0 Å². The van der Waals surface area contributed by atoms with E-state index in [1.54, 1.807) is 7.11 Å². The molecule has 0 aromatic heterocycles. The number of ether oxygens (including phenoxy) is 1. The van der Waals surface area contributed by atoms with E-state index in [1.165, 1.54) is 5.56 Å². The van der Waals surface area contributed by atoms with Gasteiger partial charge in [0.1, 0.15) is 5.75 Å². The number of nitrogens with zero attached hydrogens (tertiary/aromatic N) is 1. The van der Waals surface area contributed by atoms with Gasteiger partial charge in [0.25, 0.3) is 0 Å². The number of fused-ring (bicyclic) bond motifs is 1. The molecule has 43 heavy (non-hydrogen) atoms. The topological polar surface area (TPSA) is 58.6 Å². The number of benzene rings is 4. The number of amides is 1. The molecule has 0 bridgehead atoms. The van der Waals surface area contributed by atoms with Crippen LogP contribution in [0.1, 0.15) is 67.8 Å². The standard InChI is InChI=1S/C38H38N2O3/c1-38(2,3)29-18-14-27(15-19-29)37-36-32(23-28(24-34(36)41)26-16-20-30(43-4)21-17-26)39-31-12-8-9-13-33(31)40(37)35(42)22-25-10-6-5-7-11-25/h5-21,28,37,39H,22-24H2,1-4H3/t28-,37-/m0/s1. The number of anilines is 2. The first kappa shape index (κ1) is 28.5. The van der Waals surface area contributed by atoms with E-state index in [4.69, 9.17) is 4.74 Å². The van der Waals surface area contributed by atoms with Gasteiger partial charge in [-0.2, -0.15) is 0 Å². The largest absolute Gasteiger partial charge is 0.497 e. The number of para-hydroxylation sites is 2. The molecule has 1 aliphatic heterocycles. The predicted octanol–water partition coefficient (Wildman–Crippen LogP) is 8.14. The number of hydrogen-bond acceptors (Lipinski definition) is 4. The number of nitrogens with one attached hydrogen (secondary N) is 1. The lowest BCUT2D eigenvalue weighted by molar-refractivity contribution is -0.118. The van der Waals surface area contributed by atoms with Crippen LogP contribution in [0.5, 0.6) is 5.75 Å². The molecule has 0 saturated carbocycles. The fraction of sp³-hybridized carbons (Fsp3) is 0.263. The molecule has 2 aliphatic rings. The van der Waals surface area contributed by atoms with Crippen molar-refractivity contribution >= 4 is 23.1 Å². The van der Waals surface area contributed by atoms with Gasteiger partial charge in [0, 0.05) is 17.7 Å². The first-order chi connectivity index (χ1) is 20.7. The molecule has 0 unspecified atom stereocenters. The third-order valence-corrected chi connectivity index (χ3v) is 8.64. The maximum Gasteiger partial charge on any atom is 0.232 e. The summed E-state index contributed by atoms with van der Waals surface area (Å²) in [5.74, 6) is 0.819. The smallest absolute Gasteiger partial charge is 0.232 e. The molecule has 0 spiro atoms. The quantitative estimate of drug-likeness (QED) is 0.263. The summed E-state index contributed by atoms with van der Waals surface area (Å²) in [6.45, 7) is 6.57. The van der Waals surface area contributed by atoms with E-state index < -0.39 is 6.04 Å². The average Bonchev–Trinajstić information content (AvgIpc) is 3.16. The number of methoxy groups -OCH3 is 1. The number of Topliss-reactive ketones (excluding diaryl/α,β-unsaturated/α-hetero) is 1. The zero-order valence-corrected chi connectivity index (χ0v) is 25.3. The second kappa shape index (κ2) is 11.6. The lowest BCUT2D eigenvalue weighted by Gasteiger charge is -2.35. The minimum atomic E-state index is -0.555. The molecule has 4 aromatic carbocycles. The molecule has 1 heterocycles. The van der Waals surface area contributed by atoms with Crippen LogP contribution in [0.15, 0.2) is 114 Å². The van der Waals surface area contributed by atoms with Gasteiger partial charge in [0.15, 0.2) is 5.78 Å². The van der Waals surface area contributed by atoms with Crippen LogP contribution in [0.25, 0.3) is 0 Å². The molecule has 1 amide bonds. The van der Waals surface area contributed by atoms with Crippen molar-refractivity contribution < 1.29 is 14.3 Å². The molecule has 5 heteroatoms. The minimum absolute atomic E-state index is 0.0182. The van der Waals surface area contributed by atoms with Crippen molar-refractivity contribution in [2.75, 3.05) is 17.3 Å². The molecule has 2 atom stereocenters. The summed E-state index contributed by atoms with van der Waals surface area (Å²) in [5.41, 5.74) is 7.30. The Kier molecular flexibility index (Phi) is 7.66.